The number of nitrogens with zero attached hydrogens (tertiary/aromatic N) is 4. The maximum atomic E-state index is 16.7. The van der Waals surface area contributed by atoms with Crippen molar-refractivity contribution in [1.82, 2.24) is 18.9 Å². The normalized spacial score (nSPS) is 12.6. The van der Waals surface area contributed by atoms with Gasteiger partial charge in [0.05, 0.1) is 5.65 Å². The summed E-state index contributed by atoms with van der Waals surface area (Å²) < 4.78 is 23.3. The standard InChI is InChI=1S/C39H21FN4S.Pt/c40-38(23-12-14-25-26-7-1-3-9-30(26)43-20-19-42-39(43)29(25)21-23)24-13-15-27-32(22-24)44(35-11-5-6-18-41-35)31-16-17-34-37(36(27)31)28-8-2-4-10-33(28)45-34;/h1-20,38H;/q-2;+2. The fourth-order valence-electron chi connectivity index (χ4n) is 6.95. The second-order valence-electron chi connectivity index (χ2n) is 11.3. The zero-order chi connectivity index (χ0) is 29.6. The van der Waals surface area contributed by atoms with Crippen LogP contribution in [0.1, 0.15) is 17.3 Å². The summed E-state index contributed by atoms with van der Waals surface area (Å²) in [5.41, 5.74) is 4.54. The van der Waals surface area contributed by atoms with Gasteiger partial charge in [-0.2, -0.15) is 18.2 Å². The monoisotopic (exact) mass is 791 g/mol. The molecule has 0 aliphatic heterocycles. The first-order valence-corrected chi connectivity index (χ1v) is 15.6. The summed E-state index contributed by atoms with van der Waals surface area (Å²) >= 11 is 1.79. The summed E-state index contributed by atoms with van der Waals surface area (Å²) in [6.07, 6.45) is 4.08. The molecule has 10 aromatic rings. The van der Waals surface area contributed by atoms with E-state index in [1.807, 2.05) is 65.2 Å². The molecule has 5 aromatic heterocycles. The third-order valence-corrected chi connectivity index (χ3v) is 10.0. The number of aromatic nitrogens is 4. The van der Waals surface area contributed by atoms with Gasteiger partial charge in [0.2, 0.25) is 0 Å². The minimum atomic E-state index is -1.43. The van der Waals surface area contributed by atoms with Crippen LogP contribution in [-0.2, 0) is 21.1 Å². The van der Waals surface area contributed by atoms with Crippen molar-refractivity contribution in [3.05, 3.63) is 145 Å². The topological polar surface area (TPSA) is 35.1 Å². The molecule has 0 aliphatic carbocycles. The van der Waals surface area contributed by atoms with E-state index in [9.17, 15) is 0 Å². The predicted octanol–water partition coefficient (Wildman–Crippen LogP) is 10.2. The maximum Gasteiger partial charge on any atom is 2.00 e. The predicted molar refractivity (Wildman–Crippen MR) is 182 cm³/mol. The van der Waals surface area contributed by atoms with Gasteiger partial charge >= 0.3 is 21.1 Å². The van der Waals surface area contributed by atoms with E-state index in [-0.39, 0.29) is 21.1 Å². The summed E-state index contributed by atoms with van der Waals surface area (Å²) in [4.78, 5) is 9.32. The van der Waals surface area contributed by atoms with Crippen LogP contribution < -0.4 is 0 Å². The third kappa shape index (κ3) is 3.81. The van der Waals surface area contributed by atoms with E-state index in [4.69, 9.17) is 4.98 Å². The van der Waals surface area contributed by atoms with Crippen LogP contribution in [0.25, 0.3) is 75.1 Å². The van der Waals surface area contributed by atoms with Gasteiger partial charge in [-0.15, -0.1) is 40.5 Å². The Balaban J connectivity index is 0.00000292. The number of pyridine rings is 2. The third-order valence-electron chi connectivity index (χ3n) is 8.91. The molecule has 0 saturated heterocycles. The summed E-state index contributed by atoms with van der Waals surface area (Å²) in [6, 6.07) is 41.6. The Morgan fingerprint density at radius 1 is 0.630 bits per heavy atom. The van der Waals surface area contributed by atoms with Crippen LogP contribution in [0.3, 0.4) is 0 Å². The van der Waals surface area contributed by atoms with Crippen LogP contribution in [-0.4, -0.2) is 18.9 Å². The van der Waals surface area contributed by atoms with E-state index in [1.165, 1.54) is 20.2 Å². The van der Waals surface area contributed by atoms with Gasteiger partial charge in [-0.1, -0.05) is 64.3 Å². The van der Waals surface area contributed by atoms with Crippen molar-refractivity contribution in [2.75, 3.05) is 0 Å². The number of imidazole rings is 1. The number of hydrogen-bond donors (Lipinski definition) is 0. The average Bonchev–Trinajstić information content (AvgIpc) is 3.82. The first-order chi connectivity index (χ1) is 22.2. The molecule has 7 heteroatoms. The van der Waals surface area contributed by atoms with Crippen LogP contribution >= 0.6 is 11.3 Å². The summed E-state index contributed by atoms with van der Waals surface area (Å²) in [5, 5.41) is 7.47. The molecule has 0 spiro atoms. The molecule has 220 valence electrons. The van der Waals surface area contributed by atoms with Gasteiger partial charge in [0.15, 0.2) is 0 Å². The number of hydrogen-bond acceptors (Lipinski definition) is 3. The van der Waals surface area contributed by atoms with Crippen molar-refractivity contribution in [2.45, 2.75) is 6.17 Å². The SMILES string of the molecule is FC(c1[c-]c2c(cc1)c1ccccc1n1ccnc21)c1[c-]c2c(cc1)c1c3c(ccc1n2-c1ccccn1)sc1ccccc13.[Pt+2]. The number of alkyl halides is 1. The Bertz CT molecular complexity index is 2800. The van der Waals surface area contributed by atoms with Crippen molar-refractivity contribution < 1.29 is 25.5 Å². The molecule has 5 aromatic carbocycles. The molecule has 1 unspecified atom stereocenters. The Morgan fingerprint density at radius 2 is 1.41 bits per heavy atom. The van der Waals surface area contributed by atoms with Gasteiger partial charge in [0, 0.05) is 39.0 Å². The largest absolute Gasteiger partial charge is 2.00 e. The van der Waals surface area contributed by atoms with Crippen molar-refractivity contribution in [2.24, 2.45) is 0 Å². The van der Waals surface area contributed by atoms with Crippen LogP contribution in [0.4, 0.5) is 4.39 Å². The van der Waals surface area contributed by atoms with Crippen molar-refractivity contribution >= 4 is 80.6 Å². The quantitative estimate of drug-likeness (QED) is 0.132. The van der Waals surface area contributed by atoms with Gasteiger partial charge < -0.3 is 8.97 Å². The van der Waals surface area contributed by atoms with Crippen LogP contribution in [0.5, 0.6) is 0 Å². The fourth-order valence-corrected chi connectivity index (χ4v) is 8.07. The van der Waals surface area contributed by atoms with E-state index in [0.29, 0.717) is 11.1 Å². The van der Waals surface area contributed by atoms with Crippen molar-refractivity contribution in [3.63, 3.8) is 0 Å². The maximum absolute atomic E-state index is 16.7. The number of fused-ring (bicyclic) bond motifs is 13. The molecular formula is C39H21FN4PtS. The van der Waals surface area contributed by atoms with E-state index < -0.39 is 6.17 Å². The van der Waals surface area contributed by atoms with Gasteiger partial charge in [0.1, 0.15) is 12.0 Å². The molecule has 0 saturated carbocycles. The minimum absolute atomic E-state index is 0. The fraction of sp³-hybridized carbons (Fsp3) is 0.0256. The molecule has 0 amide bonds. The molecule has 5 heterocycles. The van der Waals surface area contributed by atoms with Crippen LogP contribution in [0, 0.1) is 12.1 Å². The van der Waals surface area contributed by atoms with Gasteiger partial charge in [-0.25, -0.2) is 9.37 Å². The molecule has 0 N–H and O–H groups in total. The molecule has 4 nitrogen and oxygen atoms in total. The van der Waals surface area contributed by atoms with E-state index in [2.05, 4.69) is 70.2 Å². The van der Waals surface area contributed by atoms with Gasteiger partial charge in [-0.05, 0) is 57.9 Å². The van der Waals surface area contributed by atoms with Gasteiger partial charge in [-0.3, -0.25) is 4.98 Å². The van der Waals surface area contributed by atoms with E-state index in [0.717, 1.165) is 54.9 Å². The Labute approximate surface area is 280 Å². The second kappa shape index (κ2) is 10.3. The Morgan fingerprint density at radius 3 is 2.28 bits per heavy atom. The molecule has 0 aliphatic rings. The molecule has 0 fully saturated rings. The molecule has 0 radical (unpaired) electrons. The Hall–Kier alpha value is -4.90. The molecular weight excluding hydrogens is 771 g/mol. The van der Waals surface area contributed by atoms with E-state index >= 15 is 4.39 Å². The average molecular weight is 792 g/mol. The van der Waals surface area contributed by atoms with Gasteiger partial charge in [0.25, 0.3) is 0 Å². The molecule has 10 rings (SSSR count). The summed E-state index contributed by atoms with van der Waals surface area (Å²) in [6.45, 7) is 0. The van der Waals surface area contributed by atoms with Crippen LogP contribution in [0.2, 0.25) is 0 Å². The molecule has 1 atom stereocenters. The first-order valence-electron chi connectivity index (χ1n) is 14.8. The second-order valence-corrected chi connectivity index (χ2v) is 12.4. The summed E-state index contributed by atoms with van der Waals surface area (Å²) in [5.74, 6) is 0.769. The minimum Gasteiger partial charge on any atom is -0.340 e. The number of thiophene rings is 1. The Kier molecular flexibility index (Phi) is 6.15. The van der Waals surface area contributed by atoms with E-state index in [1.54, 1.807) is 23.7 Å². The number of halogens is 1. The van der Waals surface area contributed by atoms with Crippen LogP contribution in [0.15, 0.2) is 122 Å². The zero-order valence-electron chi connectivity index (χ0n) is 24.0. The zero-order valence-corrected chi connectivity index (χ0v) is 27.1. The van der Waals surface area contributed by atoms with Crippen molar-refractivity contribution in [3.8, 4) is 5.82 Å². The molecule has 0 bridgehead atoms. The number of benzene rings is 5. The number of rotatable bonds is 3. The smallest absolute Gasteiger partial charge is 0.340 e. The number of para-hydroxylation sites is 1. The van der Waals surface area contributed by atoms with Crippen molar-refractivity contribution in [1.29, 1.82) is 0 Å². The molecule has 46 heavy (non-hydrogen) atoms. The summed E-state index contributed by atoms with van der Waals surface area (Å²) in [7, 11) is 0. The first kappa shape index (κ1) is 27.4.